The van der Waals surface area contributed by atoms with Gasteiger partial charge in [0.25, 0.3) is 5.91 Å². The largest absolute Gasteiger partial charge is 0.496 e. The topological polar surface area (TPSA) is 76.7 Å². The number of benzene rings is 2. The van der Waals surface area contributed by atoms with Crippen molar-refractivity contribution >= 4 is 17.5 Å². The third-order valence-corrected chi connectivity index (χ3v) is 4.78. The molecular weight excluding hydrogens is 356 g/mol. The zero-order chi connectivity index (χ0) is 19.9. The number of nitrogens with one attached hydrogen (secondary N) is 2. The lowest BCUT2D eigenvalue weighted by Crippen LogP contribution is -2.32. The minimum Gasteiger partial charge on any atom is -0.496 e. The molecule has 0 saturated carbocycles. The normalized spacial score (nSPS) is 15.9. The molecule has 28 heavy (non-hydrogen) atoms. The van der Waals surface area contributed by atoms with Crippen molar-refractivity contribution in [2.75, 3.05) is 25.6 Å². The average molecular weight is 382 g/mol. The van der Waals surface area contributed by atoms with Crippen LogP contribution in [0.2, 0.25) is 0 Å². The van der Waals surface area contributed by atoms with Crippen LogP contribution in [-0.2, 0) is 16.0 Å². The maximum Gasteiger partial charge on any atom is 0.253 e. The van der Waals surface area contributed by atoms with Crippen LogP contribution in [0.1, 0.15) is 34.3 Å². The number of carbonyl (C=O) groups excluding carboxylic acids is 2. The third kappa shape index (κ3) is 5.10. The molecule has 2 N–H and O–H groups in total. The molecule has 1 heterocycles. The molecular formula is C22H26N2O4. The summed E-state index contributed by atoms with van der Waals surface area (Å²) >= 11 is 0. The number of hydrogen-bond acceptors (Lipinski definition) is 4. The Morgan fingerprint density at radius 3 is 2.75 bits per heavy atom. The lowest BCUT2D eigenvalue weighted by molar-refractivity contribution is -0.115. The maximum absolute atomic E-state index is 12.5. The second-order valence-electron chi connectivity index (χ2n) is 6.92. The van der Waals surface area contributed by atoms with Crippen LogP contribution in [0, 0.1) is 6.92 Å². The molecule has 0 unspecified atom stereocenters. The van der Waals surface area contributed by atoms with Crippen molar-refractivity contribution in [3.63, 3.8) is 0 Å². The van der Waals surface area contributed by atoms with Gasteiger partial charge in [-0.05, 0) is 49.1 Å². The number of methoxy groups -OCH3 is 1. The van der Waals surface area contributed by atoms with Gasteiger partial charge in [-0.15, -0.1) is 0 Å². The molecule has 1 saturated heterocycles. The summed E-state index contributed by atoms with van der Waals surface area (Å²) in [5, 5.41) is 5.75. The summed E-state index contributed by atoms with van der Waals surface area (Å²) in [5.74, 6) is 0.396. The Morgan fingerprint density at radius 1 is 1.21 bits per heavy atom. The van der Waals surface area contributed by atoms with Crippen LogP contribution in [0.5, 0.6) is 5.75 Å². The number of aryl methyl sites for hydroxylation is 1. The monoisotopic (exact) mass is 382 g/mol. The zero-order valence-corrected chi connectivity index (χ0v) is 16.3. The van der Waals surface area contributed by atoms with Crippen LogP contribution >= 0.6 is 0 Å². The summed E-state index contributed by atoms with van der Waals surface area (Å²) < 4.78 is 10.8. The van der Waals surface area contributed by atoms with E-state index in [0.717, 1.165) is 36.3 Å². The van der Waals surface area contributed by atoms with E-state index in [2.05, 4.69) is 10.6 Å². The molecule has 2 amide bonds. The Labute approximate surface area is 165 Å². The van der Waals surface area contributed by atoms with Crippen LogP contribution in [0.25, 0.3) is 0 Å². The number of anilines is 1. The van der Waals surface area contributed by atoms with E-state index in [4.69, 9.17) is 9.47 Å². The number of para-hydroxylation sites is 1. The Kier molecular flexibility index (Phi) is 6.66. The molecule has 0 spiro atoms. The fraction of sp³-hybridized carbons (Fsp3) is 0.364. The highest BCUT2D eigenvalue weighted by Crippen LogP contribution is 2.20. The first-order valence-corrected chi connectivity index (χ1v) is 9.49. The van der Waals surface area contributed by atoms with Crippen molar-refractivity contribution in [2.24, 2.45) is 0 Å². The summed E-state index contributed by atoms with van der Waals surface area (Å²) in [7, 11) is 1.62. The molecule has 0 aliphatic carbocycles. The number of hydrogen-bond donors (Lipinski definition) is 2. The number of carbonyl (C=O) groups is 2. The summed E-state index contributed by atoms with van der Waals surface area (Å²) in [5.41, 5.74) is 2.81. The predicted molar refractivity (Wildman–Crippen MR) is 108 cm³/mol. The standard InChI is InChI=1S/C22H26N2O4/c1-15-12-16(9-10-20(15)27-2)13-21(25)24-19-8-4-3-7-18(19)22(26)23-14-17-6-5-11-28-17/h3-4,7-10,12,17H,5-6,11,13-14H2,1-2H3,(H,23,26)(H,24,25)/t17-/m1/s1. The van der Waals surface area contributed by atoms with Gasteiger partial charge in [0.1, 0.15) is 5.75 Å². The molecule has 2 aromatic rings. The summed E-state index contributed by atoms with van der Waals surface area (Å²) in [6, 6.07) is 12.7. The zero-order valence-electron chi connectivity index (χ0n) is 16.3. The average Bonchev–Trinajstić information content (AvgIpc) is 3.20. The van der Waals surface area contributed by atoms with Crippen LogP contribution in [0.15, 0.2) is 42.5 Å². The molecule has 6 heteroatoms. The van der Waals surface area contributed by atoms with E-state index < -0.39 is 0 Å². The van der Waals surface area contributed by atoms with Gasteiger partial charge in [0, 0.05) is 13.2 Å². The van der Waals surface area contributed by atoms with E-state index in [-0.39, 0.29) is 24.3 Å². The molecule has 2 aromatic carbocycles. The van der Waals surface area contributed by atoms with Crippen molar-refractivity contribution in [2.45, 2.75) is 32.3 Å². The van der Waals surface area contributed by atoms with Crippen LogP contribution in [0.3, 0.4) is 0 Å². The molecule has 1 atom stereocenters. The molecule has 3 rings (SSSR count). The predicted octanol–water partition coefficient (Wildman–Crippen LogP) is 3.09. The maximum atomic E-state index is 12.5. The van der Waals surface area contributed by atoms with Crippen molar-refractivity contribution in [3.05, 3.63) is 59.2 Å². The van der Waals surface area contributed by atoms with Gasteiger partial charge in [0.15, 0.2) is 0 Å². The van der Waals surface area contributed by atoms with E-state index in [1.54, 1.807) is 31.4 Å². The SMILES string of the molecule is COc1ccc(CC(=O)Nc2ccccc2C(=O)NC[C@H]2CCCO2)cc1C. The van der Waals surface area contributed by atoms with Crippen LogP contribution in [0.4, 0.5) is 5.69 Å². The minimum atomic E-state index is -0.216. The number of rotatable bonds is 7. The van der Waals surface area contributed by atoms with Gasteiger partial charge in [-0.3, -0.25) is 9.59 Å². The molecule has 148 valence electrons. The molecule has 1 aliphatic heterocycles. The molecule has 0 radical (unpaired) electrons. The Bertz CT molecular complexity index is 844. The fourth-order valence-corrected chi connectivity index (χ4v) is 3.33. The minimum absolute atomic E-state index is 0.0732. The lowest BCUT2D eigenvalue weighted by Gasteiger charge is -2.14. The molecule has 0 aromatic heterocycles. The van der Waals surface area contributed by atoms with Crippen molar-refractivity contribution in [1.29, 1.82) is 0 Å². The van der Waals surface area contributed by atoms with Crippen LogP contribution in [-0.4, -0.2) is 38.2 Å². The number of ether oxygens (including phenoxy) is 2. The van der Waals surface area contributed by atoms with Gasteiger partial charge in [-0.25, -0.2) is 0 Å². The van der Waals surface area contributed by atoms with Gasteiger partial charge in [0.05, 0.1) is 30.9 Å². The van der Waals surface area contributed by atoms with E-state index >= 15 is 0 Å². The first-order valence-electron chi connectivity index (χ1n) is 9.49. The highest BCUT2D eigenvalue weighted by Gasteiger charge is 2.18. The lowest BCUT2D eigenvalue weighted by atomic mass is 10.1. The quantitative estimate of drug-likeness (QED) is 0.772. The Hall–Kier alpha value is -2.86. The van der Waals surface area contributed by atoms with Gasteiger partial charge in [-0.2, -0.15) is 0 Å². The van der Waals surface area contributed by atoms with E-state index in [1.165, 1.54) is 0 Å². The second-order valence-corrected chi connectivity index (χ2v) is 6.92. The molecule has 1 aliphatic rings. The fourth-order valence-electron chi connectivity index (χ4n) is 3.33. The van der Waals surface area contributed by atoms with Gasteiger partial charge in [0.2, 0.25) is 5.91 Å². The highest BCUT2D eigenvalue weighted by atomic mass is 16.5. The van der Waals surface area contributed by atoms with Gasteiger partial charge >= 0.3 is 0 Å². The van der Waals surface area contributed by atoms with Crippen LogP contribution < -0.4 is 15.4 Å². The van der Waals surface area contributed by atoms with Crippen molar-refractivity contribution < 1.29 is 19.1 Å². The Morgan fingerprint density at radius 2 is 2.04 bits per heavy atom. The summed E-state index contributed by atoms with van der Waals surface area (Å²) in [4.78, 5) is 25.0. The highest BCUT2D eigenvalue weighted by molar-refractivity contribution is 6.04. The summed E-state index contributed by atoms with van der Waals surface area (Å²) in [6.07, 6.45) is 2.28. The molecule has 6 nitrogen and oxygen atoms in total. The van der Waals surface area contributed by atoms with E-state index in [0.29, 0.717) is 17.8 Å². The third-order valence-electron chi connectivity index (χ3n) is 4.78. The number of amides is 2. The van der Waals surface area contributed by atoms with Crippen molar-refractivity contribution in [3.8, 4) is 5.75 Å². The van der Waals surface area contributed by atoms with Crippen molar-refractivity contribution in [1.82, 2.24) is 5.32 Å². The van der Waals surface area contributed by atoms with Gasteiger partial charge < -0.3 is 20.1 Å². The molecule has 1 fully saturated rings. The van der Waals surface area contributed by atoms with E-state index in [9.17, 15) is 9.59 Å². The summed E-state index contributed by atoms with van der Waals surface area (Å²) in [6.45, 7) is 3.16. The van der Waals surface area contributed by atoms with E-state index in [1.807, 2.05) is 25.1 Å². The Balaban J connectivity index is 1.62. The molecule has 0 bridgehead atoms. The first-order chi connectivity index (χ1) is 13.6. The first kappa shape index (κ1) is 19.9. The van der Waals surface area contributed by atoms with Gasteiger partial charge in [-0.1, -0.05) is 24.3 Å². The second kappa shape index (κ2) is 9.37. The smallest absolute Gasteiger partial charge is 0.253 e.